The molecule has 1 aromatic heterocycles. The molecule has 0 aliphatic rings. The van der Waals surface area contributed by atoms with Crippen molar-refractivity contribution in [1.29, 1.82) is 0 Å². The molecule has 0 radical (unpaired) electrons. The minimum Gasteiger partial charge on any atom is -0.399 e. The molecule has 39 heavy (non-hydrogen) atoms. The standard InChI is InChI=1S/C32H48N4O2S/c1-3-4-5-6-7-8-9-10-11-12-13-14-15-18-25-39(37,38)35-34-30-26-32(27-21-23-28(33)24-22-27)36(2)31-20-17-16-19-29(30)31/h16-17,19-24,26,35H,3-15,18,25,33H2,1-2H3/b34-30+. The number of pyridine rings is 1. The van der Waals surface area contributed by atoms with Crippen molar-refractivity contribution in [3.05, 3.63) is 60.0 Å². The summed E-state index contributed by atoms with van der Waals surface area (Å²) in [5.74, 6) is 0.0951. The van der Waals surface area contributed by atoms with Crippen LogP contribution < -0.4 is 15.9 Å². The average molecular weight is 553 g/mol. The Morgan fingerprint density at radius 1 is 0.769 bits per heavy atom. The number of fused-ring (bicyclic) bond motifs is 1. The molecule has 0 saturated carbocycles. The fourth-order valence-corrected chi connectivity index (χ4v) is 6.00. The summed E-state index contributed by atoms with van der Waals surface area (Å²) >= 11 is 0. The molecule has 0 fully saturated rings. The van der Waals surface area contributed by atoms with Gasteiger partial charge in [0.25, 0.3) is 0 Å². The van der Waals surface area contributed by atoms with Gasteiger partial charge in [0.2, 0.25) is 10.0 Å². The Balaban J connectivity index is 1.46. The van der Waals surface area contributed by atoms with Gasteiger partial charge in [0.05, 0.1) is 22.3 Å². The monoisotopic (exact) mass is 552 g/mol. The summed E-state index contributed by atoms with van der Waals surface area (Å²) in [6.45, 7) is 2.26. The van der Waals surface area contributed by atoms with Crippen LogP contribution in [0.15, 0.2) is 59.7 Å². The summed E-state index contributed by atoms with van der Waals surface area (Å²) in [5.41, 5.74) is 9.45. The van der Waals surface area contributed by atoms with Crippen LogP contribution in [0.2, 0.25) is 0 Å². The zero-order chi connectivity index (χ0) is 27.9. The number of benzene rings is 2. The Morgan fingerprint density at radius 2 is 1.31 bits per heavy atom. The van der Waals surface area contributed by atoms with Crippen molar-refractivity contribution in [2.24, 2.45) is 12.1 Å². The molecule has 7 heteroatoms. The number of nitrogens with one attached hydrogen (secondary N) is 1. The van der Waals surface area contributed by atoms with Crippen LogP contribution in [0.3, 0.4) is 0 Å². The molecule has 0 unspecified atom stereocenters. The van der Waals surface area contributed by atoms with Crippen molar-refractivity contribution in [1.82, 2.24) is 9.40 Å². The SMILES string of the molecule is CCCCCCCCCCCCCCCCS(=O)(=O)N/N=c1\cc(-c2ccc(N)cc2)n(C)c2ccccc12. The number of nitrogens with zero attached hydrogens (tertiary/aromatic N) is 2. The number of nitrogen functional groups attached to an aromatic ring is 1. The Hall–Kier alpha value is -2.80. The first kappa shape index (κ1) is 30.7. The molecule has 0 atom stereocenters. The van der Waals surface area contributed by atoms with Crippen LogP contribution in [-0.4, -0.2) is 18.7 Å². The van der Waals surface area contributed by atoms with Crippen LogP contribution in [0.4, 0.5) is 5.69 Å². The molecule has 3 rings (SSSR count). The van der Waals surface area contributed by atoms with Gasteiger partial charge in [0.1, 0.15) is 0 Å². The van der Waals surface area contributed by atoms with Crippen molar-refractivity contribution in [3.8, 4) is 11.3 Å². The quantitative estimate of drug-likeness (QED) is 0.0965. The summed E-state index contributed by atoms with van der Waals surface area (Å²) in [5, 5.41) is 5.84. The van der Waals surface area contributed by atoms with E-state index in [0.29, 0.717) is 17.5 Å². The van der Waals surface area contributed by atoms with Crippen molar-refractivity contribution < 1.29 is 8.42 Å². The third-order valence-corrected chi connectivity index (χ3v) is 8.65. The number of unbranched alkanes of at least 4 members (excludes halogenated alkanes) is 13. The first-order chi connectivity index (χ1) is 18.9. The van der Waals surface area contributed by atoms with Crippen LogP contribution in [0, 0.1) is 0 Å². The van der Waals surface area contributed by atoms with Gasteiger partial charge in [-0.1, -0.05) is 121 Å². The number of hydrogen-bond donors (Lipinski definition) is 2. The number of aryl methyl sites for hydroxylation is 1. The van der Waals surface area contributed by atoms with E-state index >= 15 is 0 Å². The molecule has 2 aromatic carbocycles. The Labute approximate surface area is 235 Å². The van der Waals surface area contributed by atoms with Crippen LogP contribution >= 0.6 is 0 Å². The van der Waals surface area contributed by atoms with Gasteiger partial charge in [0, 0.05) is 18.1 Å². The Kier molecular flexibility index (Phi) is 12.9. The van der Waals surface area contributed by atoms with Gasteiger partial charge in [-0.2, -0.15) is 5.10 Å². The first-order valence-electron chi connectivity index (χ1n) is 14.9. The largest absolute Gasteiger partial charge is 0.399 e. The lowest BCUT2D eigenvalue weighted by Gasteiger charge is -2.14. The molecule has 0 aliphatic heterocycles. The number of para-hydroxylation sites is 1. The number of sulfonamides is 1. The fourth-order valence-electron chi connectivity index (χ4n) is 5.09. The zero-order valence-corrected chi connectivity index (χ0v) is 24.8. The van der Waals surface area contributed by atoms with Crippen molar-refractivity contribution in [2.45, 2.75) is 96.8 Å². The van der Waals surface area contributed by atoms with Gasteiger partial charge in [0.15, 0.2) is 0 Å². The summed E-state index contributed by atoms with van der Waals surface area (Å²) < 4.78 is 27.5. The molecule has 0 saturated heterocycles. The topological polar surface area (TPSA) is 89.5 Å². The van der Waals surface area contributed by atoms with E-state index in [9.17, 15) is 8.42 Å². The van der Waals surface area contributed by atoms with E-state index in [1.165, 1.54) is 70.6 Å². The molecule has 6 nitrogen and oxygen atoms in total. The number of aromatic nitrogens is 1. The van der Waals surface area contributed by atoms with Crippen LogP contribution in [0.5, 0.6) is 0 Å². The van der Waals surface area contributed by atoms with Crippen molar-refractivity contribution >= 4 is 26.6 Å². The maximum atomic E-state index is 12.7. The molecule has 3 aromatic rings. The van der Waals surface area contributed by atoms with Gasteiger partial charge in [-0.05, 0) is 36.2 Å². The summed E-state index contributed by atoms with van der Waals surface area (Å²) in [4.78, 5) is 2.49. The van der Waals surface area contributed by atoms with E-state index < -0.39 is 10.0 Å². The fraction of sp³-hybridized carbons (Fsp3) is 0.531. The zero-order valence-electron chi connectivity index (χ0n) is 24.0. The molecule has 1 heterocycles. The van der Waals surface area contributed by atoms with Gasteiger partial charge in [-0.3, -0.25) is 0 Å². The first-order valence-corrected chi connectivity index (χ1v) is 16.5. The molecule has 0 aliphatic carbocycles. The smallest absolute Gasteiger partial charge is 0.247 e. The molecule has 0 amide bonds. The molecular weight excluding hydrogens is 504 g/mol. The number of rotatable bonds is 18. The molecule has 0 spiro atoms. The Morgan fingerprint density at radius 3 is 1.90 bits per heavy atom. The third-order valence-electron chi connectivity index (χ3n) is 7.45. The van der Waals surface area contributed by atoms with Gasteiger partial charge in [-0.25, -0.2) is 13.2 Å². The second-order valence-corrected chi connectivity index (χ2v) is 12.6. The number of anilines is 1. The summed E-state index contributed by atoms with van der Waals surface area (Å²) in [6.07, 6.45) is 17.4. The van der Waals surface area contributed by atoms with Crippen molar-refractivity contribution in [3.63, 3.8) is 0 Å². The van der Waals surface area contributed by atoms with E-state index in [-0.39, 0.29) is 5.75 Å². The normalized spacial score (nSPS) is 12.3. The van der Waals surface area contributed by atoms with E-state index in [2.05, 4.69) is 21.4 Å². The van der Waals surface area contributed by atoms with Gasteiger partial charge < -0.3 is 10.3 Å². The van der Waals surface area contributed by atoms with E-state index in [1.807, 2.05) is 61.6 Å². The second-order valence-electron chi connectivity index (χ2n) is 10.7. The number of nitrogens with two attached hydrogens (primary N) is 1. The van der Waals surface area contributed by atoms with Crippen LogP contribution in [-0.2, 0) is 17.1 Å². The van der Waals surface area contributed by atoms with E-state index in [0.717, 1.165) is 35.0 Å². The van der Waals surface area contributed by atoms with Crippen LogP contribution in [0.1, 0.15) is 96.8 Å². The average Bonchev–Trinajstić information content (AvgIpc) is 2.93. The van der Waals surface area contributed by atoms with E-state index in [1.54, 1.807) is 0 Å². The molecule has 3 N–H and O–H groups in total. The lowest BCUT2D eigenvalue weighted by atomic mass is 10.0. The molecule has 0 bridgehead atoms. The molecular formula is C32H48N4O2S. The van der Waals surface area contributed by atoms with Crippen LogP contribution in [0.25, 0.3) is 22.2 Å². The lowest BCUT2D eigenvalue weighted by Crippen LogP contribution is -2.25. The van der Waals surface area contributed by atoms with Crippen molar-refractivity contribution in [2.75, 3.05) is 11.5 Å². The highest BCUT2D eigenvalue weighted by atomic mass is 32.2. The predicted octanol–water partition coefficient (Wildman–Crippen LogP) is 7.64. The van der Waals surface area contributed by atoms with E-state index in [4.69, 9.17) is 5.73 Å². The number of hydrogen-bond acceptors (Lipinski definition) is 4. The third kappa shape index (κ3) is 10.4. The highest BCUT2D eigenvalue weighted by Crippen LogP contribution is 2.22. The second kappa shape index (κ2) is 16.3. The Bertz CT molecular complexity index is 1310. The van der Waals surface area contributed by atoms with Gasteiger partial charge in [-0.15, -0.1) is 0 Å². The minimum absolute atomic E-state index is 0.0951. The highest BCUT2D eigenvalue weighted by Gasteiger charge is 2.10. The maximum absolute atomic E-state index is 12.7. The predicted molar refractivity (Wildman–Crippen MR) is 166 cm³/mol. The molecule has 214 valence electrons. The van der Waals surface area contributed by atoms with Gasteiger partial charge >= 0.3 is 0 Å². The minimum atomic E-state index is -3.50. The highest BCUT2D eigenvalue weighted by molar-refractivity contribution is 7.89. The summed E-state index contributed by atoms with van der Waals surface area (Å²) in [7, 11) is -1.50. The maximum Gasteiger partial charge on any atom is 0.247 e. The lowest BCUT2D eigenvalue weighted by molar-refractivity contribution is 0.536. The summed E-state index contributed by atoms with van der Waals surface area (Å²) in [6, 6.07) is 17.4.